The van der Waals surface area contributed by atoms with Crippen molar-refractivity contribution >= 4 is 43.5 Å². The van der Waals surface area contributed by atoms with Gasteiger partial charge in [0.1, 0.15) is 0 Å². The Morgan fingerprint density at radius 1 is 0.909 bits per heavy atom. The second-order valence-corrected chi connectivity index (χ2v) is 12.9. The molecule has 5 heterocycles. The van der Waals surface area contributed by atoms with Gasteiger partial charge in [-0.05, 0) is 78.3 Å². The van der Waals surface area contributed by atoms with Gasteiger partial charge >= 0.3 is 0 Å². The Morgan fingerprint density at radius 3 is 2.45 bits per heavy atom. The van der Waals surface area contributed by atoms with Crippen LogP contribution in [0.3, 0.4) is 0 Å². The molecule has 44 heavy (non-hydrogen) atoms. The molecule has 0 saturated heterocycles. The SMILES string of the molecule is Cc1c[c-]c(-c2cc(C)c(C)cn2)cc1.[2H]C([2H])(c1csc2c(-c3[c-]ccc4c3oc3nc(C)ccc34)nccc12)C(C)(C)C.[Ir]. The van der Waals surface area contributed by atoms with Crippen LogP contribution in [-0.4, -0.2) is 15.0 Å². The normalized spacial score (nSPS) is 12.4. The smallest absolute Gasteiger partial charge is 0.216 e. The van der Waals surface area contributed by atoms with E-state index in [-0.39, 0.29) is 20.1 Å². The molecule has 0 aliphatic heterocycles. The first-order chi connectivity index (χ1) is 21.3. The number of pyridine rings is 3. The summed E-state index contributed by atoms with van der Waals surface area (Å²) < 4.78 is 24.6. The second-order valence-electron chi connectivity index (χ2n) is 12.0. The van der Waals surface area contributed by atoms with E-state index in [4.69, 9.17) is 7.16 Å². The first-order valence-corrected chi connectivity index (χ1v) is 15.2. The summed E-state index contributed by atoms with van der Waals surface area (Å²) in [4.78, 5) is 13.6. The molecule has 4 nitrogen and oxygen atoms in total. The molecule has 225 valence electrons. The number of benzene rings is 2. The number of fused-ring (bicyclic) bond motifs is 4. The van der Waals surface area contributed by atoms with Crippen molar-refractivity contribution in [2.45, 2.75) is 54.8 Å². The van der Waals surface area contributed by atoms with Gasteiger partial charge in [0, 0.05) is 56.7 Å². The van der Waals surface area contributed by atoms with Crippen LogP contribution in [0.5, 0.6) is 0 Å². The van der Waals surface area contributed by atoms with Crippen molar-refractivity contribution in [3.63, 3.8) is 0 Å². The number of rotatable bonds is 3. The van der Waals surface area contributed by atoms with Gasteiger partial charge in [-0.3, -0.25) is 0 Å². The van der Waals surface area contributed by atoms with Crippen molar-refractivity contribution in [1.82, 2.24) is 15.0 Å². The third kappa shape index (κ3) is 6.53. The van der Waals surface area contributed by atoms with E-state index in [1.165, 1.54) is 28.0 Å². The van der Waals surface area contributed by atoms with Crippen molar-refractivity contribution in [2.24, 2.45) is 5.41 Å². The maximum Gasteiger partial charge on any atom is 0.216 e. The summed E-state index contributed by atoms with van der Waals surface area (Å²) in [6.07, 6.45) is 2.18. The van der Waals surface area contributed by atoms with Gasteiger partial charge in [0.15, 0.2) is 0 Å². The van der Waals surface area contributed by atoms with E-state index in [2.05, 4.69) is 66.1 Å². The zero-order valence-electron chi connectivity index (χ0n) is 27.9. The minimum absolute atomic E-state index is 0. The van der Waals surface area contributed by atoms with E-state index in [1.807, 2.05) is 75.7 Å². The summed E-state index contributed by atoms with van der Waals surface area (Å²) in [6.45, 7) is 14.0. The molecular formula is C38H35IrN3OS-2. The van der Waals surface area contributed by atoms with E-state index in [0.29, 0.717) is 16.9 Å². The fourth-order valence-corrected chi connectivity index (χ4v) is 5.96. The molecule has 0 amide bonds. The Kier molecular flexibility index (Phi) is 8.40. The summed E-state index contributed by atoms with van der Waals surface area (Å²) in [7, 11) is 0. The number of aryl methyl sites for hydroxylation is 4. The van der Waals surface area contributed by atoms with Gasteiger partial charge in [0.2, 0.25) is 5.71 Å². The second kappa shape index (κ2) is 12.7. The largest absolute Gasteiger partial charge is 0.486 e. The van der Waals surface area contributed by atoms with Crippen LogP contribution in [-0.2, 0) is 26.5 Å². The molecule has 0 bridgehead atoms. The van der Waals surface area contributed by atoms with E-state index in [9.17, 15) is 0 Å². The first kappa shape index (κ1) is 29.0. The number of furan rings is 1. The van der Waals surface area contributed by atoms with Crippen molar-refractivity contribution in [2.75, 3.05) is 0 Å². The fourth-order valence-electron chi connectivity index (χ4n) is 4.96. The van der Waals surface area contributed by atoms with Crippen LogP contribution >= 0.6 is 11.3 Å². The van der Waals surface area contributed by atoms with Gasteiger partial charge in [-0.15, -0.1) is 53.6 Å². The first-order valence-electron chi connectivity index (χ1n) is 15.3. The van der Waals surface area contributed by atoms with E-state index < -0.39 is 11.8 Å². The molecule has 2 aromatic carbocycles. The van der Waals surface area contributed by atoms with Crippen LogP contribution in [0.4, 0.5) is 0 Å². The molecule has 7 aromatic rings. The summed E-state index contributed by atoms with van der Waals surface area (Å²) in [5, 5.41) is 4.76. The number of nitrogens with zero attached hydrogens (tertiary/aromatic N) is 3. The van der Waals surface area contributed by atoms with Gasteiger partial charge in [0.25, 0.3) is 0 Å². The Hall–Kier alpha value is -3.70. The van der Waals surface area contributed by atoms with Crippen molar-refractivity contribution in [3.8, 4) is 22.5 Å². The molecule has 0 unspecified atom stereocenters. The molecule has 0 atom stereocenters. The van der Waals surface area contributed by atoms with E-state index >= 15 is 0 Å². The standard InChI is InChI=1S/C24H21N2OS.C14H14N.Ir/c1-14-8-9-18-17-6-5-7-19(21(17)27-23(18)26-14)20-22-16(10-11-25-20)15(13-28-22)12-24(2,3)4;1-10-4-6-13(7-5-10)14-8-11(2)12(3)9-15-14;/h5-6,8-11,13H,12H2,1-4H3;4-6,8-9H,1-3H3;/q2*-1;/i12D2;;. The Balaban J connectivity index is 0.000000220. The summed E-state index contributed by atoms with van der Waals surface area (Å²) in [6, 6.07) is 24.6. The number of aromatic nitrogens is 3. The Morgan fingerprint density at radius 2 is 1.73 bits per heavy atom. The van der Waals surface area contributed by atoms with Crippen LogP contribution in [0.25, 0.3) is 54.7 Å². The zero-order valence-corrected chi connectivity index (χ0v) is 29.1. The predicted octanol–water partition coefficient (Wildman–Crippen LogP) is 10.4. The van der Waals surface area contributed by atoms with Crippen LogP contribution in [0, 0.1) is 45.2 Å². The van der Waals surface area contributed by atoms with Crippen LogP contribution in [0.2, 0.25) is 0 Å². The van der Waals surface area contributed by atoms with Crippen molar-refractivity contribution in [3.05, 3.63) is 112 Å². The minimum atomic E-state index is -1.47. The van der Waals surface area contributed by atoms with Gasteiger partial charge in [-0.25, -0.2) is 4.98 Å². The number of hydrogen-bond donors (Lipinski definition) is 0. The monoisotopic (exact) mass is 776 g/mol. The molecule has 0 aliphatic carbocycles. The Labute approximate surface area is 279 Å². The van der Waals surface area contributed by atoms with Gasteiger partial charge < -0.3 is 14.4 Å². The van der Waals surface area contributed by atoms with Crippen LogP contribution in [0.15, 0.2) is 76.8 Å². The zero-order chi connectivity index (χ0) is 32.1. The van der Waals surface area contributed by atoms with Crippen molar-refractivity contribution in [1.29, 1.82) is 0 Å². The van der Waals surface area contributed by atoms with Crippen LogP contribution < -0.4 is 0 Å². The van der Waals surface area contributed by atoms with Crippen molar-refractivity contribution < 1.29 is 27.3 Å². The Bertz CT molecular complexity index is 2180. The minimum Gasteiger partial charge on any atom is -0.486 e. The average molecular weight is 776 g/mol. The predicted molar refractivity (Wildman–Crippen MR) is 180 cm³/mol. The molecule has 0 saturated carbocycles. The molecule has 5 aromatic heterocycles. The quantitative estimate of drug-likeness (QED) is 0.168. The molecule has 0 N–H and O–H groups in total. The number of hydrogen-bond acceptors (Lipinski definition) is 5. The summed E-state index contributed by atoms with van der Waals surface area (Å²) in [5.74, 6) is 0. The van der Waals surface area contributed by atoms with Gasteiger partial charge in [0.05, 0.1) is 5.58 Å². The molecular weight excluding hydrogens is 739 g/mol. The van der Waals surface area contributed by atoms with Crippen LogP contribution in [0.1, 0.15) is 51.5 Å². The molecule has 6 heteroatoms. The third-order valence-electron chi connectivity index (χ3n) is 7.29. The molecule has 1 radical (unpaired) electrons. The average Bonchev–Trinajstić information content (AvgIpc) is 3.60. The van der Waals surface area contributed by atoms with Gasteiger partial charge in [-0.2, -0.15) is 11.3 Å². The molecule has 0 spiro atoms. The van der Waals surface area contributed by atoms with E-state index in [1.54, 1.807) is 6.20 Å². The summed E-state index contributed by atoms with van der Waals surface area (Å²) in [5.41, 5.74) is 9.71. The van der Waals surface area contributed by atoms with Gasteiger partial charge in [-0.1, -0.05) is 50.3 Å². The summed E-state index contributed by atoms with van der Waals surface area (Å²) >= 11 is 1.52. The maximum atomic E-state index is 8.74. The molecule has 0 aliphatic rings. The number of thiophene rings is 1. The third-order valence-corrected chi connectivity index (χ3v) is 8.29. The molecule has 7 rings (SSSR count). The topological polar surface area (TPSA) is 51.8 Å². The maximum absolute atomic E-state index is 8.74. The van der Waals surface area contributed by atoms with E-state index in [0.717, 1.165) is 49.1 Å². The molecule has 0 fully saturated rings. The fraction of sp³-hybridized carbons (Fsp3) is 0.237.